The number of aryl methyl sites for hydroxylation is 2. The zero-order valence-corrected chi connectivity index (χ0v) is 30.4. The molecule has 0 saturated carbocycles. The van der Waals surface area contributed by atoms with Crippen LogP contribution in [0.25, 0.3) is 55.6 Å². The largest absolute Gasteiger partial charge is 0.501 e. The van der Waals surface area contributed by atoms with E-state index in [9.17, 15) is 0 Å². The predicted octanol–water partition coefficient (Wildman–Crippen LogP) is 10.9. The van der Waals surface area contributed by atoms with E-state index in [0.29, 0.717) is 5.56 Å². The Labute approximate surface area is 303 Å². The minimum Gasteiger partial charge on any atom is -0.501 e. The molecule has 0 aliphatic carbocycles. The van der Waals surface area contributed by atoms with Crippen LogP contribution < -0.4 is 5.19 Å². The smallest absolute Gasteiger partial charge is 0.121 e. The van der Waals surface area contributed by atoms with Crippen molar-refractivity contribution in [3.8, 4) is 33.6 Å². The van der Waals surface area contributed by atoms with Gasteiger partial charge >= 0.3 is 0 Å². The van der Waals surface area contributed by atoms with Gasteiger partial charge in [0.05, 0.1) is 13.7 Å². The first-order chi connectivity index (χ1) is 24.8. The van der Waals surface area contributed by atoms with E-state index in [2.05, 4.69) is 41.7 Å². The Bertz CT molecular complexity index is 2380. The molecule has 0 aliphatic rings. The van der Waals surface area contributed by atoms with Crippen LogP contribution in [0.3, 0.4) is 0 Å². The Morgan fingerprint density at radius 3 is 2.21 bits per heavy atom. The topological polar surface area (TPSA) is 38.9 Å². The van der Waals surface area contributed by atoms with Crippen molar-refractivity contribution in [1.29, 1.82) is 0 Å². The summed E-state index contributed by atoms with van der Waals surface area (Å²) in [6.45, 7) is 6.29. The van der Waals surface area contributed by atoms with Crippen LogP contribution in [-0.2, 0) is 20.1 Å². The number of fused-ring (bicyclic) bond motifs is 3. The van der Waals surface area contributed by atoms with Crippen LogP contribution in [0.4, 0.5) is 0 Å². The van der Waals surface area contributed by atoms with Crippen molar-refractivity contribution in [3.63, 3.8) is 0 Å². The van der Waals surface area contributed by atoms with Crippen LogP contribution in [-0.4, -0.2) is 18.0 Å². The zero-order chi connectivity index (χ0) is 38.3. The molecule has 0 unspecified atom stereocenters. The number of benzene rings is 4. The summed E-state index contributed by atoms with van der Waals surface area (Å²) in [5.74, 6) is -0.716. The number of furan rings is 1. The SMILES string of the molecule is [2H]C([2H])([2H])c1c[c-]c(-c2cc(C([2H])(C)C)c([Si](C)(C)C)cn2)cc1.[2H]C([2H])([2H])c1ccc(-c2ccc3c(c2)oc2c(-c4ccccn4)[c-]ccc23)cc1.[Ir]. The number of hydrogen-bond acceptors (Lipinski definition) is 3. The molecule has 47 heavy (non-hydrogen) atoms. The Morgan fingerprint density at radius 2 is 1.55 bits per heavy atom. The summed E-state index contributed by atoms with van der Waals surface area (Å²) < 4.78 is 59.6. The fourth-order valence-corrected chi connectivity index (χ4v) is 7.06. The predicted molar refractivity (Wildman–Crippen MR) is 196 cm³/mol. The van der Waals surface area contributed by atoms with Crippen molar-refractivity contribution in [3.05, 3.63) is 138 Å². The zero-order valence-electron chi connectivity index (χ0n) is 34.0. The second-order valence-electron chi connectivity index (χ2n) is 12.6. The number of aromatic nitrogens is 2. The van der Waals surface area contributed by atoms with Crippen LogP contribution in [0.15, 0.2) is 114 Å². The summed E-state index contributed by atoms with van der Waals surface area (Å²) in [4.78, 5) is 8.99. The van der Waals surface area contributed by atoms with E-state index < -0.39 is 27.7 Å². The molecule has 3 nitrogen and oxygen atoms in total. The molecule has 7 rings (SSSR count). The maximum absolute atomic E-state index is 8.48. The third-order valence-corrected chi connectivity index (χ3v) is 9.93. The molecular weight excluding hydrogens is 769 g/mol. The van der Waals surface area contributed by atoms with Crippen LogP contribution in [0.2, 0.25) is 19.6 Å². The van der Waals surface area contributed by atoms with E-state index in [0.717, 1.165) is 61.1 Å². The molecule has 239 valence electrons. The van der Waals surface area contributed by atoms with Crippen molar-refractivity contribution in [2.45, 2.75) is 53.1 Å². The molecule has 7 aromatic rings. The monoisotopic (exact) mass is 816 g/mol. The average molecular weight is 816 g/mol. The van der Waals surface area contributed by atoms with Gasteiger partial charge in [-0.2, -0.15) is 0 Å². The molecule has 0 amide bonds. The summed E-state index contributed by atoms with van der Waals surface area (Å²) >= 11 is 0. The summed E-state index contributed by atoms with van der Waals surface area (Å²) in [5, 5.41) is 3.23. The van der Waals surface area contributed by atoms with E-state index in [-0.39, 0.29) is 25.7 Å². The molecule has 0 spiro atoms. The average Bonchev–Trinajstić information content (AvgIpc) is 3.49. The molecule has 1 radical (unpaired) electrons. The summed E-state index contributed by atoms with van der Waals surface area (Å²) in [6.07, 6.45) is 3.64. The maximum Gasteiger partial charge on any atom is 0.121 e. The van der Waals surface area contributed by atoms with E-state index in [1.807, 2.05) is 86.8 Å². The van der Waals surface area contributed by atoms with E-state index in [1.54, 1.807) is 30.5 Å². The van der Waals surface area contributed by atoms with Gasteiger partial charge in [0.1, 0.15) is 5.58 Å². The molecule has 3 aromatic heterocycles. The van der Waals surface area contributed by atoms with Crippen LogP contribution >= 0.6 is 0 Å². The van der Waals surface area contributed by atoms with E-state index >= 15 is 0 Å². The van der Waals surface area contributed by atoms with Gasteiger partial charge in [0.15, 0.2) is 0 Å². The van der Waals surface area contributed by atoms with Gasteiger partial charge in [-0.3, -0.25) is 0 Å². The number of pyridine rings is 2. The van der Waals surface area contributed by atoms with Crippen molar-refractivity contribution in [2.75, 3.05) is 0 Å². The standard InChI is InChI=1S/C24H16NO.C18H24NSi.Ir/c1-16-8-10-17(11-9-16)18-12-13-19-20-5-4-6-21(22-7-2-3-14-25-22)24(20)26-23(19)15-18;1-13(2)16-11-17(15-9-7-14(3)8-10-15)19-12-18(16)20(4,5)6;/h2-5,7-15H,1H3;7-9,11-13H,1-6H3;/q2*-1;/i1D3;3D3,13D;. The van der Waals surface area contributed by atoms with Gasteiger partial charge in [0, 0.05) is 47.5 Å². The van der Waals surface area contributed by atoms with Gasteiger partial charge < -0.3 is 14.4 Å². The second-order valence-corrected chi connectivity index (χ2v) is 17.6. The third-order valence-electron chi connectivity index (χ3n) is 7.91. The van der Waals surface area contributed by atoms with E-state index in [4.69, 9.17) is 14.0 Å². The molecule has 0 bridgehead atoms. The fraction of sp³-hybridized carbons (Fsp3) is 0.190. The molecule has 0 atom stereocenters. The first kappa shape index (κ1) is 25.9. The molecule has 0 N–H and O–H groups in total. The molecule has 3 heterocycles. The van der Waals surface area contributed by atoms with Gasteiger partial charge in [-0.25, -0.2) is 0 Å². The van der Waals surface area contributed by atoms with Crippen LogP contribution in [0.1, 0.15) is 46.0 Å². The summed E-state index contributed by atoms with van der Waals surface area (Å²) in [5.41, 5.74) is 8.16. The van der Waals surface area contributed by atoms with Crippen molar-refractivity contribution in [1.82, 2.24) is 9.97 Å². The van der Waals surface area contributed by atoms with Gasteiger partial charge in [-0.05, 0) is 52.6 Å². The number of nitrogens with zero attached hydrogens (tertiary/aromatic N) is 2. The van der Waals surface area contributed by atoms with Gasteiger partial charge in [0.25, 0.3) is 0 Å². The number of hydrogen-bond donors (Lipinski definition) is 0. The van der Waals surface area contributed by atoms with Crippen molar-refractivity contribution in [2.24, 2.45) is 0 Å². The minimum atomic E-state index is -2.13. The maximum atomic E-state index is 8.48. The minimum absolute atomic E-state index is 0. The van der Waals surface area contributed by atoms with Crippen LogP contribution in [0.5, 0.6) is 0 Å². The first-order valence-corrected chi connectivity index (χ1v) is 18.7. The Hall–Kier alpha value is -4.15. The molecular formula is C42H40IrN2OSi-2. The molecule has 4 aromatic carbocycles. The Morgan fingerprint density at radius 1 is 0.787 bits per heavy atom. The Balaban J connectivity index is 0.000000208. The Kier molecular flexibility index (Phi) is 7.88. The van der Waals surface area contributed by atoms with Crippen molar-refractivity contribution < 1.29 is 34.1 Å². The number of rotatable bonds is 5. The second kappa shape index (κ2) is 14.3. The third kappa shape index (κ3) is 7.54. The van der Waals surface area contributed by atoms with Gasteiger partial charge in [-0.15, -0.1) is 53.6 Å². The quantitative estimate of drug-likeness (QED) is 0.128. The van der Waals surface area contributed by atoms with E-state index in [1.165, 1.54) is 11.3 Å². The molecule has 0 fully saturated rings. The molecule has 0 saturated heterocycles. The van der Waals surface area contributed by atoms with Gasteiger partial charge in [0.2, 0.25) is 0 Å². The normalized spacial score (nSPS) is 14.3. The summed E-state index contributed by atoms with van der Waals surface area (Å²) in [6, 6.07) is 35.7. The first-order valence-electron chi connectivity index (χ1n) is 18.7. The van der Waals surface area contributed by atoms with Gasteiger partial charge in [-0.1, -0.05) is 117 Å². The molecule has 5 heteroatoms. The summed E-state index contributed by atoms with van der Waals surface area (Å²) in [7, 11) is -1.61. The van der Waals surface area contributed by atoms with Crippen molar-refractivity contribution >= 4 is 35.2 Å². The van der Waals surface area contributed by atoms with Crippen LogP contribution in [0, 0.1) is 25.8 Å². The fourth-order valence-electron chi connectivity index (χ4n) is 5.48. The molecule has 0 aliphatic heterocycles.